The first-order chi connectivity index (χ1) is 17.2. The average molecular weight is 541 g/mol. The molecule has 0 N–H and O–H groups in total. The molecule has 0 bridgehead atoms. The Kier molecular flexibility index (Phi) is 7.91. The highest BCUT2D eigenvalue weighted by molar-refractivity contribution is 7.87. The predicted molar refractivity (Wildman–Crippen MR) is 126 cm³/mol. The first kappa shape index (κ1) is 28.0. The minimum absolute atomic E-state index is 0.111. The summed E-state index contributed by atoms with van der Waals surface area (Å²) in [6.07, 6.45) is -1.08. The Morgan fingerprint density at radius 2 is 1.70 bits per heavy atom. The number of β-lactam (4-membered cyclic amide) rings is 1. The monoisotopic (exact) mass is 540 g/mol. The van der Waals surface area contributed by atoms with Crippen LogP contribution in [0.5, 0.6) is 0 Å². The molecule has 2 fully saturated rings. The van der Waals surface area contributed by atoms with Gasteiger partial charge in [0.05, 0.1) is 25.9 Å². The van der Waals surface area contributed by atoms with Gasteiger partial charge in [-0.1, -0.05) is 0 Å². The summed E-state index contributed by atoms with van der Waals surface area (Å²) in [5, 5.41) is 9.82. The smallest absolute Gasteiger partial charge is 0.433 e. The topological polar surface area (TPSA) is 169 Å². The van der Waals surface area contributed by atoms with Crippen LogP contribution in [0, 0.1) is 21.4 Å². The van der Waals surface area contributed by atoms with Gasteiger partial charge >= 0.3 is 18.1 Å². The molecule has 1 unspecified atom stereocenters. The molecule has 1 amide bonds. The molecule has 202 valence electrons. The number of carbonyl (C=O) groups excluding carboxylic acids is 4. The van der Waals surface area contributed by atoms with Crippen molar-refractivity contribution in [3.63, 3.8) is 0 Å². The lowest BCUT2D eigenvalue weighted by atomic mass is 9.92. The van der Waals surface area contributed by atoms with Gasteiger partial charge < -0.3 is 23.8 Å². The Morgan fingerprint density at radius 3 is 2.27 bits per heavy atom. The van der Waals surface area contributed by atoms with Crippen molar-refractivity contribution in [3.8, 4) is 0 Å². The minimum Gasteiger partial charge on any atom is -0.433 e. The Balaban J connectivity index is 1.53. The molecular weight excluding hydrogens is 512 g/mol. The van der Waals surface area contributed by atoms with Crippen molar-refractivity contribution in [2.75, 3.05) is 13.4 Å². The second-order valence-corrected chi connectivity index (χ2v) is 12.2. The number of esters is 2. The molecule has 0 spiro atoms. The Labute approximate surface area is 215 Å². The fraction of sp³-hybridized carbons (Fsp3) is 0.565. The van der Waals surface area contributed by atoms with E-state index >= 15 is 0 Å². The zero-order valence-electron chi connectivity index (χ0n) is 21.0. The molecule has 2 aliphatic heterocycles. The number of nitro benzene ring substituents is 1. The van der Waals surface area contributed by atoms with Crippen molar-refractivity contribution in [1.29, 1.82) is 0 Å². The molecule has 37 heavy (non-hydrogen) atoms. The number of nitro groups is 1. The maximum Gasteiger partial charge on any atom is 0.508 e. The number of ether oxygens (including phenoxy) is 4. The summed E-state index contributed by atoms with van der Waals surface area (Å²) < 4.78 is 31.9. The van der Waals surface area contributed by atoms with E-state index in [1.807, 2.05) is 0 Å². The number of fused-ring (bicyclic) bond motifs is 1. The summed E-state index contributed by atoms with van der Waals surface area (Å²) in [6.45, 7) is 6.75. The van der Waals surface area contributed by atoms with E-state index in [-0.39, 0.29) is 12.3 Å². The minimum atomic E-state index is -1.70. The van der Waals surface area contributed by atoms with Crippen LogP contribution in [0.3, 0.4) is 0 Å². The first-order valence-corrected chi connectivity index (χ1v) is 12.5. The molecule has 2 aliphatic rings. The maximum atomic E-state index is 13.1. The molecule has 2 saturated heterocycles. The largest absolute Gasteiger partial charge is 0.508 e. The lowest BCUT2D eigenvalue weighted by molar-refractivity contribution is -0.384. The lowest BCUT2D eigenvalue weighted by Crippen LogP contribution is -2.64. The fourth-order valence-electron chi connectivity index (χ4n) is 3.88. The van der Waals surface area contributed by atoms with Crippen LogP contribution in [0.4, 0.5) is 10.5 Å². The molecule has 13 nitrogen and oxygen atoms in total. The molecule has 0 aromatic heterocycles. The van der Waals surface area contributed by atoms with Gasteiger partial charge in [0, 0.05) is 12.1 Å². The standard InChI is InChI=1S/C23H28N2O11S/c1-22(2,3)20(28)36-12-35-19(27)16-23(4,5)37(32)18-15(17(26)24(16)18)11-34-21(29)33-10-13-6-8-14(9-7-13)25(30)31/h6-9,15-16,18H,10-12H2,1-5H3/t15-,16-,18+,37?/m0/s1. The van der Waals surface area contributed by atoms with Crippen molar-refractivity contribution >= 4 is 40.5 Å². The van der Waals surface area contributed by atoms with E-state index < -0.39 is 80.6 Å². The number of non-ortho nitro benzene ring substituents is 1. The van der Waals surface area contributed by atoms with E-state index in [2.05, 4.69) is 0 Å². The number of carbonyl (C=O) groups is 4. The third kappa shape index (κ3) is 5.73. The van der Waals surface area contributed by atoms with Crippen LogP contribution in [0.25, 0.3) is 0 Å². The summed E-state index contributed by atoms with van der Waals surface area (Å²) in [5.74, 6) is -2.92. The molecule has 0 aliphatic carbocycles. The van der Waals surface area contributed by atoms with Crippen molar-refractivity contribution in [3.05, 3.63) is 39.9 Å². The molecule has 3 rings (SSSR count). The average Bonchev–Trinajstić information content (AvgIpc) is 3.00. The van der Waals surface area contributed by atoms with Crippen LogP contribution in [-0.2, 0) is 50.7 Å². The van der Waals surface area contributed by atoms with E-state index in [0.717, 1.165) is 4.90 Å². The summed E-state index contributed by atoms with van der Waals surface area (Å²) in [5.41, 5.74) is -0.420. The van der Waals surface area contributed by atoms with E-state index in [9.17, 15) is 33.5 Å². The normalized spacial score (nSPS) is 23.9. The van der Waals surface area contributed by atoms with Crippen molar-refractivity contribution < 1.29 is 47.3 Å². The molecule has 4 atom stereocenters. The van der Waals surface area contributed by atoms with Gasteiger partial charge in [0.15, 0.2) is 0 Å². The number of rotatable bonds is 8. The van der Waals surface area contributed by atoms with Gasteiger partial charge in [0.25, 0.3) is 5.69 Å². The summed E-state index contributed by atoms with van der Waals surface area (Å²) in [7, 11) is -1.70. The van der Waals surface area contributed by atoms with E-state index in [1.54, 1.807) is 34.6 Å². The van der Waals surface area contributed by atoms with Crippen LogP contribution in [0.15, 0.2) is 24.3 Å². The quantitative estimate of drug-likeness (QED) is 0.155. The molecule has 0 radical (unpaired) electrons. The highest BCUT2D eigenvalue weighted by atomic mass is 32.2. The zero-order chi connectivity index (χ0) is 27.7. The number of hydrogen-bond donors (Lipinski definition) is 0. The molecular formula is C23H28N2O11S. The zero-order valence-corrected chi connectivity index (χ0v) is 21.8. The SMILES string of the molecule is CC(C)(C)C(=O)OCOC(=O)[C@@H]1N2C(=O)[C@H](COC(=O)OCc3ccc([N+](=O)[O-])cc3)[C@H]2S(=O)C1(C)C. The Morgan fingerprint density at radius 1 is 1.08 bits per heavy atom. The third-order valence-electron chi connectivity index (χ3n) is 5.98. The van der Waals surface area contributed by atoms with E-state index in [1.165, 1.54) is 24.3 Å². The molecule has 1 aromatic carbocycles. The van der Waals surface area contributed by atoms with Gasteiger partial charge in [0.1, 0.15) is 30.5 Å². The molecule has 2 heterocycles. The van der Waals surface area contributed by atoms with E-state index in [0.29, 0.717) is 5.56 Å². The van der Waals surface area contributed by atoms with Gasteiger partial charge in [-0.2, -0.15) is 0 Å². The van der Waals surface area contributed by atoms with Crippen LogP contribution in [-0.4, -0.2) is 67.6 Å². The van der Waals surface area contributed by atoms with Crippen LogP contribution in [0.2, 0.25) is 0 Å². The van der Waals surface area contributed by atoms with Gasteiger partial charge in [-0.3, -0.25) is 23.9 Å². The fourth-order valence-corrected chi connectivity index (χ4v) is 5.85. The number of benzene rings is 1. The van der Waals surface area contributed by atoms with Gasteiger partial charge in [-0.15, -0.1) is 0 Å². The third-order valence-corrected chi connectivity index (χ3v) is 8.23. The highest BCUT2D eigenvalue weighted by Crippen LogP contribution is 2.46. The summed E-state index contributed by atoms with van der Waals surface area (Å²) in [4.78, 5) is 60.7. The number of amides is 1. The summed E-state index contributed by atoms with van der Waals surface area (Å²) >= 11 is 0. The van der Waals surface area contributed by atoms with Crippen LogP contribution >= 0.6 is 0 Å². The number of hydrogen-bond acceptors (Lipinski definition) is 11. The molecule has 14 heteroatoms. The summed E-state index contributed by atoms with van der Waals surface area (Å²) in [6, 6.07) is 4.19. The number of nitrogens with zero attached hydrogens (tertiary/aromatic N) is 2. The second-order valence-electron chi connectivity index (χ2n) is 10.1. The van der Waals surface area contributed by atoms with Gasteiger partial charge in [-0.05, 0) is 52.3 Å². The van der Waals surface area contributed by atoms with Gasteiger partial charge in [0.2, 0.25) is 12.7 Å². The predicted octanol–water partition coefficient (Wildman–Crippen LogP) is 2.03. The first-order valence-electron chi connectivity index (χ1n) is 11.3. The maximum absolute atomic E-state index is 13.1. The second kappa shape index (κ2) is 10.4. The molecule has 1 aromatic rings. The Hall–Kier alpha value is -3.55. The van der Waals surface area contributed by atoms with Crippen molar-refractivity contribution in [2.24, 2.45) is 11.3 Å². The lowest BCUT2D eigenvalue weighted by Gasteiger charge is -2.42. The van der Waals surface area contributed by atoms with Crippen molar-refractivity contribution in [1.82, 2.24) is 4.90 Å². The van der Waals surface area contributed by atoms with E-state index in [4.69, 9.17) is 18.9 Å². The van der Waals surface area contributed by atoms with Crippen LogP contribution in [0.1, 0.15) is 40.2 Å². The molecule has 0 saturated carbocycles. The Bertz CT molecular complexity index is 1130. The highest BCUT2D eigenvalue weighted by Gasteiger charge is 2.68. The van der Waals surface area contributed by atoms with Gasteiger partial charge in [-0.25, -0.2) is 9.59 Å². The van der Waals surface area contributed by atoms with Crippen molar-refractivity contribution in [2.45, 2.75) is 57.4 Å². The van der Waals surface area contributed by atoms with Crippen LogP contribution < -0.4 is 0 Å².